The van der Waals surface area contributed by atoms with Crippen LogP contribution < -0.4 is 5.32 Å². The zero-order chi connectivity index (χ0) is 18.0. The first-order chi connectivity index (χ1) is 11.9. The summed E-state index contributed by atoms with van der Waals surface area (Å²) in [6, 6.07) is 13.6. The highest BCUT2D eigenvalue weighted by Gasteiger charge is 2.15. The molecular formula is C19H17BrFN3O. The molecule has 6 heteroatoms. The smallest absolute Gasteiger partial charge is 0.255 e. The van der Waals surface area contributed by atoms with Crippen molar-refractivity contribution in [2.45, 2.75) is 20.4 Å². The van der Waals surface area contributed by atoms with E-state index in [9.17, 15) is 9.18 Å². The maximum absolute atomic E-state index is 13.4. The van der Waals surface area contributed by atoms with E-state index in [1.165, 1.54) is 12.1 Å². The van der Waals surface area contributed by atoms with Gasteiger partial charge in [-0.3, -0.25) is 9.48 Å². The Morgan fingerprint density at radius 1 is 1.20 bits per heavy atom. The van der Waals surface area contributed by atoms with Crippen molar-refractivity contribution >= 4 is 27.5 Å². The average molecular weight is 402 g/mol. The zero-order valence-electron chi connectivity index (χ0n) is 13.9. The molecule has 0 aliphatic rings. The molecule has 128 valence electrons. The van der Waals surface area contributed by atoms with Gasteiger partial charge in [-0.05, 0) is 49.7 Å². The minimum absolute atomic E-state index is 0.196. The standard InChI is InChI=1S/C19H17BrFN3O/c1-12-18(22-19(25)15-6-4-7-16(20)10-15)13(2)24(23-12)11-14-5-3-8-17(21)9-14/h3-10H,11H2,1-2H3,(H,22,25). The molecule has 1 N–H and O–H groups in total. The van der Waals surface area contributed by atoms with E-state index >= 15 is 0 Å². The van der Waals surface area contributed by atoms with E-state index < -0.39 is 0 Å². The number of carbonyl (C=O) groups excluding carboxylic acids is 1. The van der Waals surface area contributed by atoms with E-state index in [0.29, 0.717) is 17.8 Å². The summed E-state index contributed by atoms with van der Waals surface area (Å²) in [5.41, 5.74) is 3.60. The molecule has 1 amide bonds. The lowest BCUT2D eigenvalue weighted by Gasteiger charge is -2.08. The molecule has 0 saturated heterocycles. The summed E-state index contributed by atoms with van der Waals surface area (Å²) >= 11 is 3.36. The van der Waals surface area contributed by atoms with Gasteiger partial charge in [0.25, 0.3) is 5.91 Å². The maximum atomic E-state index is 13.4. The van der Waals surface area contributed by atoms with Crippen molar-refractivity contribution in [1.29, 1.82) is 0 Å². The molecule has 0 aliphatic carbocycles. The third-order valence-corrected chi connectivity index (χ3v) is 4.42. The number of hydrogen-bond donors (Lipinski definition) is 1. The molecule has 1 heterocycles. The molecule has 1 aromatic heterocycles. The van der Waals surface area contributed by atoms with Crippen LogP contribution in [0.3, 0.4) is 0 Å². The Hall–Kier alpha value is -2.47. The Kier molecular flexibility index (Phi) is 4.99. The summed E-state index contributed by atoms with van der Waals surface area (Å²) in [5.74, 6) is -0.472. The molecule has 2 aromatic carbocycles. The first-order valence-electron chi connectivity index (χ1n) is 7.79. The summed E-state index contributed by atoms with van der Waals surface area (Å²) in [6.45, 7) is 4.17. The van der Waals surface area contributed by atoms with E-state index in [2.05, 4.69) is 26.3 Å². The van der Waals surface area contributed by atoms with Gasteiger partial charge < -0.3 is 5.32 Å². The molecule has 3 rings (SSSR count). The van der Waals surface area contributed by atoms with Crippen molar-refractivity contribution in [1.82, 2.24) is 9.78 Å². The SMILES string of the molecule is Cc1nn(Cc2cccc(F)c2)c(C)c1NC(=O)c1cccc(Br)c1. The van der Waals surface area contributed by atoms with Crippen LogP contribution in [0.25, 0.3) is 0 Å². The Morgan fingerprint density at radius 3 is 2.68 bits per heavy atom. The van der Waals surface area contributed by atoms with Gasteiger partial charge >= 0.3 is 0 Å². The lowest BCUT2D eigenvalue weighted by atomic mass is 10.2. The fraction of sp³-hybridized carbons (Fsp3) is 0.158. The molecule has 3 aromatic rings. The van der Waals surface area contributed by atoms with E-state index in [0.717, 1.165) is 21.4 Å². The molecule has 0 saturated carbocycles. The minimum Gasteiger partial charge on any atom is -0.319 e. The van der Waals surface area contributed by atoms with Crippen LogP contribution in [-0.4, -0.2) is 15.7 Å². The molecule has 0 atom stereocenters. The Bertz CT molecular complexity index is 936. The number of nitrogens with zero attached hydrogens (tertiary/aromatic N) is 2. The van der Waals surface area contributed by atoms with Crippen LogP contribution in [0, 0.1) is 19.7 Å². The molecule has 0 aliphatic heterocycles. The third kappa shape index (κ3) is 3.96. The fourth-order valence-electron chi connectivity index (χ4n) is 2.66. The highest BCUT2D eigenvalue weighted by atomic mass is 79.9. The van der Waals surface area contributed by atoms with Gasteiger partial charge in [-0.25, -0.2) is 4.39 Å². The van der Waals surface area contributed by atoms with Crippen molar-refractivity contribution in [3.05, 3.63) is 81.3 Å². The van der Waals surface area contributed by atoms with Crippen LogP contribution in [-0.2, 0) is 6.54 Å². The normalized spacial score (nSPS) is 10.7. The molecule has 25 heavy (non-hydrogen) atoms. The molecule has 0 radical (unpaired) electrons. The van der Waals surface area contributed by atoms with Gasteiger partial charge in [-0.2, -0.15) is 5.10 Å². The molecule has 4 nitrogen and oxygen atoms in total. The number of hydrogen-bond acceptors (Lipinski definition) is 2. The number of nitrogens with one attached hydrogen (secondary N) is 1. The van der Waals surface area contributed by atoms with Crippen molar-refractivity contribution in [2.24, 2.45) is 0 Å². The minimum atomic E-state index is -0.276. The summed E-state index contributed by atoms with van der Waals surface area (Å²) in [7, 11) is 0. The first kappa shape index (κ1) is 17.4. The van der Waals surface area contributed by atoms with Crippen molar-refractivity contribution < 1.29 is 9.18 Å². The van der Waals surface area contributed by atoms with Crippen molar-refractivity contribution in [3.63, 3.8) is 0 Å². The summed E-state index contributed by atoms with van der Waals surface area (Å²) in [4.78, 5) is 12.5. The lowest BCUT2D eigenvalue weighted by molar-refractivity contribution is 0.102. The quantitative estimate of drug-likeness (QED) is 0.688. The highest BCUT2D eigenvalue weighted by Crippen LogP contribution is 2.22. The van der Waals surface area contributed by atoms with Crippen LogP contribution >= 0.6 is 15.9 Å². The van der Waals surface area contributed by atoms with E-state index in [-0.39, 0.29) is 11.7 Å². The number of aryl methyl sites for hydroxylation is 1. The second-order valence-corrected chi connectivity index (χ2v) is 6.71. The number of anilines is 1. The number of halogens is 2. The largest absolute Gasteiger partial charge is 0.319 e. The predicted octanol–water partition coefficient (Wildman–Crippen LogP) is 4.70. The molecule has 0 spiro atoms. The van der Waals surface area contributed by atoms with Crippen LogP contribution in [0.1, 0.15) is 27.3 Å². The van der Waals surface area contributed by atoms with Gasteiger partial charge in [0, 0.05) is 10.0 Å². The Morgan fingerprint density at radius 2 is 1.96 bits per heavy atom. The summed E-state index contributed by atoms with van der Waals surface area (Å²) in [6.07, 6.45) is 0. The monoisotopic (exact) mass is 401 g/mol. The lowest BCUT2D eigenvalue weighted by Crippen LogP contribution is -2.13. The first-order valence-corrected chi connectivity index (χ1v) is 8.58. The Labute approximate surface area is 153 Å². The zero-order valence-corrected chi connectivity index (χ0v) is 15.5. The van der Waals surface area contributed by atoms with Gasteiger partial charge in [-0.1, -0.05) is 34.1 Å². The predicted molar refractivity (Wildman–Crippen MR) is 99.3 cm³/mol. The van der Waals surface area contributed by atoms with Gasteiger partial charge in [0.1, 0.15) is 5.82 Å². The van der Waals surface area contributed by atoms with Crippen molar-refractivity contribution in [3.8, 4) is 0 Å². The fourth-order valence-corrected chi connectivity index (χ4v) is 3.05. The number of carbonyl (C=O) groups is 1. The highest BCUT2D eigenvalue weighted by molar-refractivity contribution is 9.10. The second kappa shape index (κ2) is 7.19. The number of amides is 1. The van der Waals surface area contributed by atoms with E-state index in [4.69, 9.17) is 0 Å². The van der Waals surface area contributed by atoms with Gasteiger partial charge in [0.2, 0.25) is 0 Å². The van der Waals surface area contributed by atoms with Crippen LogP contribution in [0.2, 0.25) is 0 Å². The van der Waals surface area contributed by atoms with E-state index in [1.807, 2.05) is 32.0 Å². The molecular weight excluding hydrogens is 385 g/mol. The van der Waals surface area contributed by atoms with Gasteiger partial charge in [-0.15, -0.1) is 0 Å². The van der Waals surface area contributed by atoms with Gasteiger partial charge in [0.05, 0.1) is 23.6 Å². The number of rotatable bonds is 4. The Balaban J connectivity index is 1.83. The number of aromatic nitrogens is 2. The molecule has 0 unspecified atom stereocenters. The average Bonchev–Trinajstić information content (AvgIpc) is 2.82. The third-order valence-electron chi connectivity index (χ3n) is 3.93. The topological polar surface area (TPSA) is 46.9 Å². The van der Waals surface area contributed by atoms with Gasteiger partial charge in [0.15, 0.2) is 0 Å². The second-order valence-electron chi connectivity index (χ2n) is 5.80. The van der Waals surface area contributed by atoms with Crippen LogP contribution in [0.4, 0.5) is 10.1 Å². The van der Waals surface area contributed by atoms with Crippen LogP contribution in [0.15, 0.2) is 53.0 Å². The summed E-state index contributed by atoms with van der Waals surface area (Å²) in [5, 5.41) is 7.39. The maximum Gasteiger partial charge on any atom is 0.255 e. The van der Waals surface area contributed by atoms with Crippen LogP contribution in [0.5, 0.6) is 0 Å². The van der Waals surface area contributed by atoms with E-state index in [1.54, 1.807) is 22.9 Å². The molecule has 0 bridgehead atoms. The molecule has 0 fully saturated rings. The summed E-state index contributed by atoms with van der Waals surface area (Å²) < 4.78 is 16.0. The van der Waals surface area contributed by atoms with Crippen molar-refractivity contribution in [2.75, 3.05) is 5.32 Å². The number of benzene rings is 2.